The highest BCUT2D eigenvalue weighted by Gasteiger charge is 2.46. The Morgan fingerprint density at radius 1 is 0.944 bits per heavy atom. The number of morpholine rings is 1. The first kappa shape index (κ1) is 25.0. The lowest BCUT2D eigenvalue weighted by Crippen LogP contribution is -2.52. The highest BCUT2D eigenvalue weighted by Crippen LogP contribution is 2.43. The normalized spacial score (nSPS) is 20.1. The highest BCUT2D eigenvalue weighted by atomic mass is 32.2. The minimum atomic E-state index is -3.33. The maximum atomic E-state index is 12.8. The molecule has 9 heteroatoms. The van der Waals surface area contributed by atoms with Crippen LogP contribution in [0.2, 0.25) is 0 Å². The molecule has 0 atom stereocenters. The Hall–Kier alpha value is -2.62. The summed E-state index contributed by atoms with van der Waals surface area (Å²) in [5.74, 6) is 0.889. The van der Waals surface area contributed by atoms with E-state index in [1.807, 2.05) is 30.3 Å². The lowest BCUT2D eigenvalue weighted by Gasteiger charge is -2.40. The molecule has 2 fully saturated rings. The van der Waals surface area contributed by atoms with Crippen molar-refractivity contribution in [3.63, 3.8) is 0 Å². The first-order valence-electron chi connectivity index (χ1n) is 12.6. The summed E-state index contributed by atoms with van der Waals surface area (Å²) in [5, 5.41) is 2.96. The fourth-order valence-corrected chi connectivity index (χ4v) is 6.57. The Bertz CT molecular complexity index is 1220. The fraction of sp³-hybridized carbons (Fsp3) is 0.519. The number of hydrogen-bond donors (Lipinski definition) is 1. The van der Waals surface area contributed by atoms with E-state index >= 15 is 0 Å². The number of amides is 2. The molecule has 3 aliphatic heterocycles. The summed E-state index contributed by atoms with van der Waals surface area (Å²) < 4.78 is 38.2. The maximum absolute atomic E-state index is 12.8. The van der Waals surface area contributed by atoms with Gasteiger partial charge in [0, 0.05) is 51.1 Å². The number of urea groups is 1. The monoisotopic (exact) mass is 513 g/mol. The maximum Gasteiger partial charge on any atom is 0.321 e. The van der Waals surface area contributed by atoms with Crippen LogP contribution in [0.4, 0.5) is 10.5 Å². The van der Waals surface area contributed by atoms with Crippen LogP contribution in [0.1, 0.15) is 39.2 Å². The van der Waals surface area contributed by atoms with E-state index in [1.165, 1.54) is 0 Å². The number of nitrogens with one attached hydrogen (secondary N) is 1. The van der Waals surface area contributed by atoms with Gasteiger partial charge in [0.15, 0.2) is 0 Å². The summed E-state index contributed by atoms with van der Waals surface area (Å²) in [6.07, 6.45) is 2.15. The molecule has 1 spiro atoms. The second-order valence-corrected chi connectivity index (χ2v) is 13.6. The summed E-state index contributed by atoms with van der Waals surface area (Å²) in [5.41, 5.74) is 3.74. The van der Waals surface area contributed by atoms with Crippen molar-refractivity contribution in [2.75, 3.05) is 44.7 Å². The lowest BCUT2D eigenvalue weighted by molar-refractivity contribution is 0.0402. The summed E-state index contributed by atoms with van der Waals surface area (Å²) in [7, 11) is -3.33. The molecular weight excluding hydrogens is 478 g/mol. The van der Waals surface area contributed by atoms with E-state index in [1.54, 1.807) is 30.0 Å². The molecule has 0 aliphatic carbocycles. The number of sulfonamides is 1. The van der Waals surface area contributed by atoms with Crippen molar-refractivity contribution < 1.29 is 22.7 Å². The number of nitrogens with zero attached hydrogens (tertiary/aromatic N) is 2. The largest absolute Gasteiger partial charge is 0.487 e. The van der Waals surface area contributed by atoms with E-state index < -0.39 is 14.8 Å². The van der Waals surface area contributed by atoms with Crippen LogP contribution in [0.3, 0.4) is 0 Å². The van der Waals surface area contributed by atoms with Crippen LogP contribution < -0.4 is 10.1 Å². The number of anilines is 1. The standard InChI is InChI=1S/C27H35N3O5S/c1-26(2,3)36(32,33)30-12-10-27(11-13-30)19-22-18-21(6-9-24(22)35-27)20-4-7-23(8-5-20)28-25(31)29-14-16-34-17-15-29/h4-9,18H,10-17,19H2,1-3H3,(H,28,31). The van der Waals surface area contributed by atoms with Gasteiger partial charge in [-0.2, -0.15) is 0 Å². The SMILES string of the molecule is CC(C)(C)S(=O)(=O)N1CCC2(CC1)Cc1cc(-c3ccc(NC(=O)N4CCOCC4)cc3)ccc1O2. The third-order valence-corrected chi connectivity index (χ3v) is 10.0. The van der Waals surface area contributed by atoms with Crippen LogP contribution in [0.15, 0.2) is 42.5 Å². The Balaban J connectivity index is 1.23. The van der Waals surface area contributed by atoms with Crippen molar-refractivity contribution >= 4 is 21.7 Å². The van der Waals surface area contributed by atoms with Gasteiger partial charge in [-0.1, -0.05) is 18.2 Å². The van der Waals surface area contributed by atoms with Gasteiger partial charge in [0.05, 0.1) is 18.0 Å². The molecule has 2 amide bonds. The molecule has 1 N–H and O–H groups in total. The number of fused-ring (bicyclic) bond motifs is 1. The van der Waals surface area contributed by atoms with Gasteiger partial charge in [-0.05, 0) is 61.7 Å². The predicted octanol–water partition coefficient (Wildman–Crippen LogP) is 4.12. The van der Waals surface area contributed by atoms with Gasteiger partial charge in [-0.25, -0.2) is 17.5 Å². The smallest absolute Gasteiger partial charge is 0.321 e. The van der Waals surface area contributed by atoms with Gasteiger partial charge >= 0.3 is 6.03 Å². The van der Waals surface area contributed by atoms with Crippen LogP contribution in [0.25, 0.3) is 11.1 Å². The van der Waals surface area contributed by atoms with Gasteiger partial charge in [-0.3, -0.25) is 0 Å². The average molecular weight is 514 g/mol. The van der Waals surface area contributed by atoms with E-state index in [9.17, 15) is 13.2 Å². The minimum absolute atomic E-state index is 0.104. The molecule has 2 saturated heterocycles. The van der Waals surface area contributed by atoms with E-state index in [4.69, 9.17) is 9.47 Å². The molecule has 0 unspecified atom stereocenters. The predicted molar refractivity (Wildman–Crippen MR) is 140 cm³/mol. The molecule has 5 rings (SSSR count). The number of carbonyl (C=O) groups excluding carboxylic acids is 1. The molecule has 0 aromatic heterocycles. The van der Waals surface area contributed by atoms with E-state index in [0.29, 0.717) is 52.2 Å². The summed E-state index contributed by atoms with van der Waals surface area (Å²) >= 11 is 0. The number of ether oxygens (including phenoxy) is 2. The zero-order valence-corrected chi connectivity index (χ0v) is 22.1. The third-order valence-electron chi connectivity index (χ3n) is 7.41. The molecular formula is C27H35N3O5S. The van der Waals surface area contributed by atoms with E-state index in [2.05, 4.69) is 17.4 Å². The molecule has 8 nitrogen and oxygen atoms in total. The molecule has 2 aromatic carbocycles. The number of piperidine rings is 1. The zero-order valence-electron chi connectivity index (χ0n) is 21.2. The van der Waals surface area contributed by atoms with Crippen molar-refractivity contribution in [1.82, 2.24) is 9.21 Å². The van der Waals surface area contributed by atoms with Gasteiger partial charge < -0.3 is 19.7 Å². The van der Waals surface area contributed by atoms with Crippen molar-refractivity contribution in [2.24, 2.45) is 0 Å². The van der Waals surface area contributed by atoms with Gasteiger partial charge in [0.25, 0.3) is 0 Å². The summed E-state index contributed by atoms with van der Waals surface area (Å²) in [4.78, 5) is 14.2. The van der Waals surface area contributed by atoms with Crippen LogP contribution >= 0.6 is 0 Å². The van der Waals surface area contributed by atoms with Crippen LogP contribution in [-0.2, 0) is 21.2 Å². The fourth-order valence-electron chi connectivity index (χ4n) is 5.13. The van der Waals surface area contributed by atoms with Crippen molar-refractivity contribution in [3.05, 3.63) is 48.0 Å². The Morgan fingerprint density at radius 3 is 2.22 bits per heavy atom. The number of benzene rings is 2. The highest BCUT2D eigenvalue weighted by molar-refractivity contribution is 7.90. The third kappa shape index (κ3) is 4.84. The zero-order chi connectivity index (χ0) is 25.6. The minimum Gasteiger partial charge on any atom is -0.487 e. The molecule has 0 saturated carbocycles. The Kier molecular flexibility index (Phi) is 6.51. The second-order valence-electron chi connectivity index (χ2n) is 10.9. The number of hydrogen-bond acceptors (Lipinski definition) is 5. The Morgan fingerprint density at radius 2 is 1.58 bits per heavy atom. The number of carbonyl (C=O) groups is 1. The van der Waals surface area contributed by atoms with Crippen molar-refractivity contribution in [2.45, 2.75) is 50.4 Å². The van der Waals surface area contributed by atoms with Crippen molar-refractivity contribution in [3.8, 4) is 16.9 Å². The number of rotatable bonds is 3. The lowest BCUT2D eigenvalue weighted by atomic mass is 9.87. The summed E-state index contributed by atoms with van der Waals surface area (Å²) in [6, 6.07) is 14.0. The first-order chi connectivity index (χ1) is 17.1. The van der Waals surface area contributed by atoms with Crippen LogP contribution in [0.5, 0.6) is 5.75 Å². The molecule has 3 heterocycles. The average Bonchev–Trinajstić information content (AvgIpc) is 3.21. The second kappa shape index (κ2) is 9.36. The van der Waals surface area contributed by atoms with Crippen molar-refractivity contribution in [1.29, 1.82) is 0 Å². The van der Waals surface area contributed by atoms with Crippen LogP contribution in [0, 0.1) is 0 Å². The van der Waals surface area contributed by atoms with E-state index in [-0.39, 0.29) is 11.6 Å². The van der Waals surface area contributed by atoms with E-state index in [0.717, 1.165) is 34.5 Å². The molecule has 36 heavy (non-hydrogen) atoms. The molecule has 3 aliphatic rings. The topological polar surface area (TPSA) is 88.2 Å². The molecule has 194 valence electrons. The first-order valence-corrected chi connectivity index (χ1v) is 14.1. The van der Waals surface area contributed by atoms with Gasteiger partial charge in [0.2, 0.25) is 10.0 Å². The summed E-state index contributed by atoms with van der Waals surface area (Å²) in [6.45, 7) is 8.58. The molecule has 0 radical (unpaired) electrons. The van der Waals surface area contributed by atoms with Gasteiger partial charge in [0.1, 0.15) is 11.4 Å². The molecule has 2 aromatic rings. The Labute approximate surface area is 213 Å². The molecule has 0 bridgehead atoms. The quantitative estimate of drug-likeness (QED) is 0.667. The van der Waals surface area contributed by atoms with Crippen LogP contribution in [-0.4, -0.2) is 73.4 Å². The van der Waals surface area contributed by atoms with Gasteiger partial charge in [-0.15, -0.1) is 0 Å².